The standard InChI is InChI=1S/C13H15ClN2OS/c1-8-12(7-15-2)18-13(16-8)10-5-4-9(14)6-11(10)17-3/h4-6,15H,7H2,1-3H3. The Morgan fingerprint density at radius 2 is 2.22 bits per heavy atom. The summed E-state index contributed by atoms with van der Waals surface area (Å²) in [7, 11) is 3.58. The number of methoxy groups -OCH3 is 1. The number of benzene rings is 1. The summed E-state index contributed by atoms with van der Waals surface area (Å²) < 4.78 is 5.36. The highest BCUT2D eigenvalue weighted by atomic mass is 35.5. The molecule has 0 radical (unpaired) electrons. The van der Waals surface area contributed by atoms with Gasteiger partial charge in [0.05, 0.1) is 18.4 Å². The molecule has 96 valence electrons. The van der Waals surface area contributed by atoms with E-state index in [-0.39, 0.29) is 0 Å². The molecule has 0 unspecified atom stereocenters. The van der Waals surface area contributed by atoms with E-state index in [0.717, 1.165) is 28.6 Å². The highest BCUT2D eigenvalue weighted by molar-refractivity contribution is 7.15. The van der Waals surface area contributed by atoms with Gasteiger partial charge in [0, 0.05) is 16.4 Å². The van der Waals surface area contributed by atoms with Crippen LogP contribution in [0.3, 0.4) is 0 Å². The molecule has 1 aromatic carbocycles. The zero-order valence-corrected chi connectivity index (χ0v) is 12.2. The van der Waals surface area contributed by atoms with Crippen LogP contribution in [0.15, 0.2) is 18.2 Å². The van der Waals surface area contributed by atoms with Crippen LogP contribution in [0.25, 0.3) is 10.6 Å². The van der Waals surface area contributed by atoms with E-state index in [9.17, 15) is 0 Å². The lowest BCUT2D eigenvalue weighted by molar-refractivity contribution is 0.416. The second-order valence-electron chi connectivity index (χ2n) is 3.90. The minimum atomic E-state index is 0.666. The zero-order chi connectivity index (χ0) is 13.1. The molecule has 0 saturated carbocycles. The lowest BCUT2D eigenvalue weighted by Crippen LogP contribution is -2.04. The van der Waals surface area contributed by atoms with E-state index in [2.05, 4.69) is 10.3 Å². The average molecular weight is 283 g/mol. The van der Waals surface area contributed by atoms with Crippen LogP contribution < -0.4 is 10.1 Å². The van der Waals surface area contributed by atoms with Gasteiger partial charge in [0.2, 0.25) is 0 Å². The first-order valence-electron chi connectivity index (χ1n) is 5.60. The number of aryl methyl sites for hydroxylation is 1. The van der Waals surface area contributed by atoms with E-state index in [1.807, 2.05) is 32.2 Å². The van der Waals surface area contributed by atoms with Crippen molar-refractivity contribution in [2.24, 2.45) is 0 Å². The predicted octanol–water partition coefficient (Wildman–Crippen LogP) is 3.50. The Labute approximate surface area is 116 Å². The van der Waals surface area contributed by atoms with Crippen LogP contribution in [0.1, 0.15) is 10.6 Å². The van der Waals surface area contributed by atoms with E-state index < -0.39 is 0 Å². The number of aromatic nitrogens is 1. The quantitative estimate of drug-likeness (QED) is 0.932. The van der Waals surface area contributed by atoms with Crippen molar-refractivity contribution in [3.8, 4) is 16.3 Å². The van der Waals surface area contributed by atoms with Crippen molar-refractivity contribution in [1.82, 2.24) is 10.3 Å². The van der Waals surface area contributed by atoms with Crippen LogP contribution in [0.4, 0.5) is 0 Å². The molecule has 5 heteroatoms. The number of ether oxygens (including phenoxy) is 1. The second kappa shape index (κ2) is 5.69. The van der Waals surface area contributed by atoms with Crippen molar-refractivity contribution < 1.29 is 4.74 Å². The SMILES string of the molecule is CNCc1sc(-c2ccc(Cl)cc2OC)nc1C. The van der Waals surface area contributed by atoms with Gasteiger partial charge in [-0.1, -0.05) is 11.6 Å². The third kappa shape index (κ3) is 2.66. The smallest absolute Gasteiger partial charge is 0.130 e. The monoisotopic (exact) mass is 282 g/mol. The van der Waals surface area contributed by atoms with Crippen molar-refractivity contribution in [3.05, 3.63) is 33.8 Å². The predicted molar refractivity (Wildman–Crippen MR) is 76.6 cm³/mol. The maximum Gasteiger partial charge on any atom is 0.130 e. The maximum absolute atomic E-state index is 5.96. The van der Waals surface area contributed by atoms with Crippen LogP contribution in [-0.4, -0.2) is 19.1 Å². The van der Waals surface area contributed by atoms with Gasteiger partial charge in [-0.2, -0.15) is 0 Å². The number of thiazole rings is 1. The van der Waals surface area contributed by atoms with E-state index in [1.165, 1.54) is 4.88 Å². The number of halogens is 1. The molecule has 0 amide bonds. The molecule has 0 bridgehead atoms. The number of nitrogens with zero attached hydrogens (tertiary/aromatic N) is 1. The van der Waals surface area contributed by atoms with E-state index >= 15 is 0 Å². The average Bonchev–Trinajstić information content (AvgIpc) is 2.71. The van der Waals surface area contributed by atoms with Gasteiger partial charge >= 0.3 is 0 Å². The lowest BCUT2D eigenvalue weighted by atomic mass is 10.2. The normalized spacial score (nSPS) is 10.7. The third-order valence-corrected chi connectivity index (χ3v) is 4.05. The highest BCUT2D eigenvalue weighted by Gasteiger charge is 2.13. The molecule has 0 atom stereocenters. The van der Waals surface area contributed by atoms with Crippen molar-refractivity contribution in [2.75, 3.05) is 14.2 Å². The van der Waals surface area contributed by atoms with Gasteiger partial charge in [-0.15, -0.1) is 11.3 Å². The second-order valence-corrected chi connectivity index (χ2v) is 5.42. The first-order valence-corrected chi connectivity index (χ1v) is 6.80. The summed E-state index contributed by atoms with van der Waals surface area (Å²) in [6, 6.07) is 5.61. The Morgan fingerprint density at radius 3 is 2.89 bits per heavy atom. The Balaban J connectivity index is 2.45. The van der Waals surface area contributed by atoms with Gasteiger partial charge in [0.25, 0.3) is 0 Å². The largest absolute Gasteiger partial charge is 0.496 e. The summed E-state index contributed by atoms with van der Waals surface area (Å²) >= 11 is 7.64. The van der Waals surface area contributed by atoms with Crippen molar-refractivity contribution in [2.45, 2.75) is 13.5 Å². The van der Waals surface area contributed by atoms with Crippen LogP contribution in [0, 0.1) is 6.92 Å². The molecule has 0 aliphatic heterocycles. The molecule has 1 N–H and O–H groups in total. The number of rotatable bonds is 4. The number of nitrogens with one attached hydrogen (secondary N) is 1. The summed E-state index contributed by atoms with van der Waals surface area (Å²) in [6.45, 7) is 2.86. The van der Waals surface area contributed by atoms with Crippen LogP contribution in [-0.2, 0) is 6.54 Å². The Bertz CT molecular complexity index is 554. The Hall–Kier alpha value is -1.10. The molecule has 2 rings (SSSR count). The molecular weight excluding hydrogens is 268 g/mol. The lowest BCUT2D eigenvalue weighted by Gasteiger charge is -2.05. The van der Waals surface area contributed by atoms with Crippen LogP contribution in [0.5, 0.6) is 5.75 Å². The topological polar surface area (TPSA) is 34.1 Å². The first-order chi connectivity index (χ1) is 8.65. The molecule has 2 aromatic rings. The van der Waals surface area contributed by atoms with Crippen LogP contribution >= 0.6 is 22.9 Å². The summed E-state index contributed by atoms with van der Waals surface area (Å²) in [5, 5.41) is 4.78. The Morgan fingerprint density at radius 1 is 1.44 bits per heavy atom. The molecule has 0 fully saturated rings. The fraction of sp³-hybridized carbons (Fsp3) is 0.308. The summed E-state index contributed by atoms with van der Waals surface area (Å²) in [6.07, 6.45) is 0. The van der Waals surface area contributed by atoms with Gasteiger partial charge in [-0.3, -0.25) is 0 Å². The van der Waals surface area contributed by atoms with Gasteiger partial charge in [0.1, 0.15) is 10.8 Å². The third-order valence-electron chi connectivity index (χ3n) is 2.62. The minimum Gasteiger partial charge on any atom is -0.496 e. The highest BCUT2D eigenvalue weighted by Crippen LogP contribution is 2.35. The van der Waals surface area contributed by atoms with Gasteiger partial charge in [-0.05, 0) is 32.2 Å². The number of hydrogen-bond acceptors (Lipinski definition) is 4. The van der Waals surface area contributed by atoms with E-state index in [1.54, 1.807) is 18.4 Å². The molecule has 18 heavy (non-hydrogen) atoms. The van der Waals surface area contributed by atoms with Crippen molar-refractivity contribution in [1.29, 1.82) is 0 Å². The van der Waals surface area contributed by atoms with E-state index in [0.29, 0.717) is 5.02 Å². The van der Waals surface area contributed by atoms with Gasteiger partial charge < -0.3 is 10.1 Å². The maximum atomic E-state index is 5.96. The van der Waals surface area contributed by atoms with Gasteiger partial charge in [-0.25, -0.2) is 4.98 Å². The fourth-order valence-corrected chi connectivity index (χ4v) is 2.98. The minimum absolute atomic E-state index is 0.666. The summed E-state index contributed by atoms with van der Waals surface area (Å²) in [4.78, 5) is 5.83. The van der Waals surface area contributed by atoms with Crippen molar-refractivity contribution in [3.63, 3.8) is 0 Å². The molecule has 1 heterocycles. The molecular formula is C13H15ClN2OS. The van der Waals surface area contributed by atoms with Gasteiger partial charge in [0.15, 0.2) is 0 Å². The van der Waals surface area contributed by atoms with E-state index in [4.69, 9.17) is 16.3 Å². The van der Waals surface area contributed by atoms with Crippen LogP contribution in [0.2, 0.25) is 5.02 Å². The van der Waals surface area contributed by atoms with Crippen molar-refractivity contribution >= 4 is 22.9 Å². The molecule has 0 spiro atoms. The first kappa shape index (κ1) is 13.3. The Kier molecular flexibility index (Phi) is 4.22. The molecule has 0 saturated heterocycles. The fourth-order valence-electron chi connectivity index (χ4n) is 1.71. The zero-order valence-electron chi connectivity index (χ0n) is 10.6. The molecule has 0 aliphatic carbocycles. The molecule has 0 aliphatic rings. The molecule has 1 aromatic heterocycles. The summed E-state index contributed by atoms with van der Waals surface area (Å²) in [5.41, 5.74) is 2.04. The summed E-state index contributed by atoms with van der Waals surface area (Å²) in [5.74, 6) is 0.757. The molecule has 3 nitrogen and oxygen atoms in total. The number of hydrogen-bond donors (Lipinski definition) is 1.